The van der Waals surface area contributed by atoms with Gasteiger partial charge in [-0.3, -0.25) is 14.4 Å². The maximum Gasteiger partial charge on any atom is 0.269 e. The largest absolute Gasteiger partial charge is 0.497 e. The molecule has 10 heteroatoms. The highest BCUT2D eigenvalue weighted by Gasteiger charge is 2.43. The van der Waals surface area contributed by atoms with Crippen LogP contribution >= 0.6 is 0 Å². The molecule has 37 heavy (non-hydrogen) atoms. The maximum atomic E-state index is 13.7. The van der Waals surface area contributed by atoms with Gasteiger partial charge in [-0.25, -0.2) is 12.7 Å². The molecule has 0 unspecified atom stereocenters. The van der Waals surface area contributed by atoms with Gasteiger partial charge in [0.1, 0.15) is 23.2 Å². The van der Waals surface area contributed by atoms with Gasteiger partial charge in [0.25, 0.3) is 15.9 Å². The van der Waals surface area contributed by atoms with Gasteiger partial charge in [0.2, 0.25) is 11.8 Å². The molecule has 1 saturated carbocycles. The molecule has 2 aliphatic rings. The lowest BCUT2D eigenvalue weighted by atomic mass is 9.95. The normalized spacial score (nSPS) is 17.7. The topological polar surface area (TPSA) is 113 Å². The zero-order chi connectivity index (χ0) is 26.6. The van der Waals surface area contributed by atoms with Crippen LogP contribution < -0.4 is 10.1 Å². The van der Waals surface area contributed by atoms with Gasteiger partial charge in [0, 0.05) is 12.6 Å². The molecule has 0 saturated heterocycles. The number of ether oxygens (including phenoxy) is 1. The van der Waals surface area contributed by atoms with E-state index in [1.807, 2.05) is 13.0 Å². The lowest BCUT2D eigenvalue weighted by Gasteiger charge is -2.33. The van der Waals surface area contributed by atoms with E-state index in [0.717, 1.165) is 37.7 Å². The van der Waals surface area contributed by atoms with E-state index >= 15 is 0 Å². The fourth-order valence-electron chi connectivity index (χ4n) is 5.03. The number of carbonyl (C=O) groups excluding carboxylic acids is 3. The zero-order valence-electron chi connectivity index (χ0n) is 21.2. The molecule has 0 aromatic heterocycles. The van der Waals surface area contributed by atoms with Gasteiger partial charge in [-0.1, -0.05) is 50.5 Å². The van der Waals surface area contributed by atoms with Crippen LogP contribution in [0, 0.1) is 0 Å². The van der Waals surface area contributed by atoms with Crippen molar-refractivity contribution in [3.8, 4) is 5.75 Å². The molecule has 2 aromatic rings. The van der Waals surface area contributed by atoms with Crippen LogP contribution in [0.5, 0.6) is 5.75 Å². The monoisotopic (exact) mass is 527 g/mol. The molecule has 0 bridgehead atoms. The van der Waals surface area contributed by atoms with Crippen molar-refractivity contribution < 1.29 is 27.5 Å². The summed E-state index contributed by atoms with van der Waals surface area (Å²) in [5, 5.41) is 3.09. The molecule has 1 aliphatic carbocycles. The Bertz CT molecular complexity index is 1270. The number of methoxy groups -OCH3 is 1. The highest BCUT2D eigenvalue weighted by atomic mass is 32.2. The van der Waals surface area contributed by atoms with Crippen molar-refractivity contribution in [3.63, 3.8) is 0 Å². The van der Waals surface area contributed by atoms with Gasteiger partial charge in [-0.15, -0.1) is 0 Å². The predicted octanol–water partition coefficient (Wildman–Crippen LogP) is 3.10. The smallest absolute Gasteiger partial charge is 0.269 e. The number of sulfonamides is 1. The number of benzene rings is 2. The van der Waals surface area contributed by atoms with Gasteiger partial charge in [-0.05, 0) is 49.1 Å². The van der Waals surface area contributed by atoms with Crippen molar-refractivity contribution in [2.45, 2.75) is 69.0 Å². The molecule has 1 aliphatic heterocycles. The van der Waals surface area contributed by atoms with E-state index in [1.165, 1.54) is 30.2 Å². The minimum absolute atomic E-state index is 0.0386. The molecule has 9 nitrogen and oxygen atoms in total. The summed E-state index contributed by atoms with van der Waals surface area (Å²) in [5.74, 6) is -1.05. The van der Waals surface area contributed by atoms with Gasteiger partial charge in [0.15, 0.2) is 0 Å². The summed E-state index contributed by atoms with van der Waals surface area (Å²) in [5.41, 5.74) is 0.757. The number of hydrogen-bond acceptors (Lipinski definition) is 6. The number of carbonyl (C=O) groups is 3. The standard InChI is InChI=1S/C27H33N3O6S/c1-3-23(26(32)28-20-11-5-4-6-12-20)29(17-19-10-9-13-21(16-19)36-2)25(31)18-30-27(33)22-14-7-8-15-24(22)37(30,34)35/h7-10,13-16,20,23H,3-6,11-12,17-18H2,1-2H3,(H,28,32)/t23-/m0/s1. The number of nitrogens with one attached hydrogen (secondary N) is 1. The third-order valence-electron chi connectivity index (χ3n) is 7.02. The van der Waals surface area contributed by atoms with Crippen LogP contribution in [0.4, 0.5) is 0 Å². The molecule has 0 radical (unpaired) electrons. The van der Waals surface area contributed by atoms with E-state index in [9.17, 15) is 22.8 Å². The van der Waals surface area contributed by atoms with E-state index in [2.05, 4.69) is 5.32 Å². The number of nitrogens with zero attached hydrogens (tertiary/aromatic N) is 2. The first-order valence-electron chi connectivity index (χ1n) is 12.6. The first kappa shape index (κ1) is 26.7. The highest BCUT2D eigenvalue weighted by Crippen LogP contribution is 2.30. The third kappa shape index (κ3) is 5.64. The van der Waals surface area contributed by atoms with Crippen LogP contribution in [0.15, 0.2) is 53.4 Å². The Morgan fingerprint density at radius 3 is 2.51 bits per heavy atom. The molecule has 1 heterocycles. The molecular weight excluding hydrogens is 494 g/mol. The Labute approximate surface area is 217 Å². The van der Waals surface area contributed by atoms with E-state index < -0.39 is 34.4 Å². The van der Waals surface area contributed by atoms with Crippen molar-refractivity contribution in [2.75, 3.05) is 13.7 Å². The Morgan fingerprint density at radius 2 is 1.84 bits per heavy atom. The lowest BCUT2D eigenvalue weighted by Crippen LogP contribution is -2.53. The minimum Gasteiger partial charge on any atom is -0.497 e. The van der Waals surface area contributed by atoms with Crippen LogP contribution in [-0.2, 0) is 26.2 Å². The van der Waals surface area contributed by atoms with Crippen molar-refractivity contribution in [2.24, 2.45) is 0 Å². The number of amides is 3. The summed E-state index contributed by atoms with van der Waals surface area (Å²) < 4.78 is 32.0. The van der Waals surface area contributed by atoms with Gasteiger partial charge in [0.05, 0.1) is 12.7 Å². The second-order valence-corrected chi connectivity index (χ2v) is 11.3. The number of fused-ring (bicyclic) bond motifs is 1. The average Bonchev–Trinajstić information content (AvgIpc) is 3.09. The summed E-state index contributed by atoms with van der Waals surface area (Å²) >= 11 is 0. The van der Waals surface area contributed by atoms with Crippen molar-refractivity contribution in [1.82, 2.24) is 14.5 Å². The van der Waals surface area contributed by atoms with Crippen molar-refractivity contribution >= 4 is 27.7 Å². The van der Waals surface area contributed by atoms with Gasteiger partial charge in [-0.2, -0.15) is 0 Å². The van der Waals surface area contributed by atoms with Crippen LogP contribution in [0.1, 0.15) is 61.4 Å². The minimum atomic E-state index is -4.17. The summed E-state index contributed by atoms with van der Waals surface area (Å²) in [4.78, 5) is 41.3. The summed E-state index contributed by atoms with van der Waals surface area (Å²) in [6, 6.07) is 12.3. The SMILES string of the molecule is CC[C@@H](C(=O)NC1CCCCC1)N(Cc1cccc(OC)c1)C(=O)CN1C(=O)c2ccccc2S1(=O)=O. The molecule has 3 amide bonds. The molecule has 1 N–H and O–H groups in total. The van der Waals surface area contributed by atoms with Crippen molar-refractivity contribution in [1.29, 1.82) is 0 Å². The molecule has 198 valence electrons. The molecule has 2 aromatic carbocycles. The first-order chi connectivity index (χ1) is 17.8. The number of hydrogen-bond donors (Lipinski definition) is 1. The van der Waals surface area contributed by atoms with Gasteiger partial charge < -0.3 is 15.0 Å². The quantitative estimate of drug-likeness (QED) is 0.536. The Kier molecular flexibility index (Phi) is 8.16. The Balaban J connectivity index is 1.61. The first-order valence-corrected chi connectivity index (χ1v) is 14.1. The van der Waals surface area contributed by atoms with E-state index in [0.29, 0.717) is 16.5 Å². The molecule has 4 rings (SSSR count). The predicted molar refractivity (Wildman–Crippen MR) is 137 cm³/mol. The van der Waals surface area contributed by atoms with Crippen LogP contribution in [-0.4, -0.2) is 61.1 Å². The zero-order valence-corrected chi connectivity index (χ0v) is 22.0. The van der Waals surface area contributed by atoms with E-state index in [1.54, 1.807) is 24.3 Å². The van der Waals surface area contributed by atoms with Crippen molar-refractivity contribution in [3.05, 3.63) is 59.7 Å². The van der Waals surface area contributed by atoms with Crippen LogP contribution in [0.2, 0.25) is 0 Å². The summed E-state index contributed by atoms with van der Waals surface area (Å²) in [6.07, 6.45) is 5.35. The molecule has 1 fully saturated rings. The van der Waals surface area contributed by atoms with E-state index in [-0.39, 0.29) is 29.0 Å². The van der Waals surface area contributed by atoms with E-state index in [4.69, 9.17) is 4.74 Å². The second kappa shape index (κ2) is 11.3. The van der Waals surface area contributed by atoms with Crippen LogP contribution in [0.3, 0.4) is 0 Å². The maximum absolute atomic E-state index is 13.7. The summed E-state index contributed by atoms with van der Waals surface area (Å²) in [6.45, 7) is 1.18. The van der Waals surface area contributed by atoms with Gasteiger partial charge >= 0.3 is 0 Å². The fourth-order valence-corrected chi connectivity index (χ4v) is 6.55. The summed E-state index contributed by atoms with van der Waals surface area (Å²) in [7, 11) is -2.63. The average molecular weight is 528 g/mol. The lowest BCUT2D eigenvalue weighted by molar-refractivity contribution is -0.141. The molecular formula is C27H33N3O6S. The Hall–Kier alpha value is -3.40. The molecule has 1 atom stereocenters. The second-order valence-electron chi connectivity index (χ2n) is 9.45. The van der Waals surface area contributed by atoms with Crippen LogP contribution in [0.25, 0.3) is 0 Å². The fraction of sp³-hybridized carbons (Fsp3) is 0.444. The highest BCUT2D eigenvalue weighted by molar-refractivity contribution is 7.90. The third-order valence-corrected chi connectivity index (χ3v) is 8.80. The molecule has 0 spiro atoms. The Morgan fingerprint density at radius 1 is 1.11 bits per heavy atom. The number of rotatable bonds is 9.